The summed E-state index contributed by atoms with van der Waals surface area (Å²) in [4.78, 5) is 38.6. The molecule has 0 spiro atoms. The number of likely N-dealkylation sites (tertiary alicyclic amines) is 1. The molecule has 2 aromatic carbocycles. The Bertz CT molecular complexity index is 1000. The number of carbonyl (C=O) groups excluding carboxylic acids is 2. The second kappa shape index (κ2) is 11.9. The Balaban J connectivity index is 1.64. The van der Waals surface area contributed by atoms with Crippen LogP contribution in [-0.2, 0) is 27.3 Å². The zero-order valence-electron chi connectivity index (χ0n) is 19.2. The minimum absolute atomic E-state index is 0.0909. The number of hydrogen-bond acceptors (Lipinski definition) is 5. The second-order valence-corrected chi connectivity index (χ2v) is 8.88. The van der Waals surface area contributed by atoms with Gasteiger partial charge in [0.2, 0.25) is 5.91 Å². The molecule has 2 amide bonds. The highest BCUT2D eigenvalue weighted by Gasteiger charge is 2.43. The molecule has 0 aromatic heterocycles. The molecule has 1 aliphatic heterocycles. The molecule has 3 rings (SSSR count). The van der Waals surface area contributed by atoms with Crippen LogP contribution in [0.25, 0.3) is 0 Å². The Labute approximate surface area is 204 Å². The lowest BCUT2D eigenvalue weighted by Gasteiger charge is -2.39. The van der Waals surface area contributed by atoms with E-state index in [0.29, 0.717) is 36.6 Å². The number of carboxylic acids is 1. The number of ether oxygens (including phenoxy) is 1. The molecule has 182 valence electrons. The van der Waals surface area contributed by atoms with Crippen LogP contribution in [0, 0.1) is 5.41 Å². The standard InChI is InChI=1S/C25H30ClN3O5/c1-2-18-7-9-20(10-8-18)28-24(33)34-17-25(11-13-29(14-12-25)16-22(30)31)23(32)27-15-19-5-3-4-6-21(19)26/h3-10H,2,11-17H2,1H3,(H,27,32)(H,28,33)(H,30,31). The van der Waals surface area contributed by atoms with Crippen LogP contribution < -0.4 is 10.6 Å². The van der Waals surface area contributed by atoms with Crippen molar-refractivity contribution in [2.75, 3.05) is 31.6 Å². The molecular weight excluding hydrogens is 458 g/mol. The van der Waals surface area contributed by atoms with E-state index in [-0.39, 0.29) is 25.6 Å². The van der Waals surface area contributed by atoms with Gasteiger partial charge in [0.15, 0.2) is 0 Å². The Morgan fingerprint density at radius 1 is 1.09 bits per heavy atom. The van der Waals surface area contributed by atoms with Crippen molar-refractivity contribution in [3.8, 4) is 0 Å². The van der Waals surface area contributed by atoms with Crippen molar-refractivity contribution in [1.82, 2.24) is 10.2 Å². The summed E-state index contributed by atoms with van der Waals surface area (Å²) in [5, 5.41) is 15.2. The van der Waals surface area contributed by atoms with Crippen molar-refractivity contribution in [2.45, 2.75) is 32.7 Å². The first-order valence-corrected chi connectivity index (χ1v) is 11.7. The van der Waals surface area contributed by atoms with Gasteiger partial charge in [-0.25, -0.2) is 4.79 Å². The highest BCUT2D eigenvalue weighted by molar-refractivity contribution is 6.31. The highest BCUT2D eigenvalue weighted by atomic mass is 35.5. The topological polar surface area (TPSA) is 108 Å². The zero-order valence-corrected chi connectivity index (χ0v) is 19.9. The number of rotatable bonds is 9. The molecule has 0 atom stereocenters. The molecule has 1 saturated heterocycles. The van der Waals surface area contributed by atoms with E-state index in [1.54, 1.807) is 23.1 Å². The van der Waals surface area contributed by atoms with E-state index in [1.165, 1.54) is 0 Å². The molecule has 0 aliphatic carbocycles. The van der Waals surface area contributed by atoms with Crippen LogP contribution in [0.3, 0.4) is 0 Å². The van der Waals surface area contributed by atoms with Gasteiger partial charge in [0.05, 0.1) is 12.0 Å². The molecule has 0 saturated carbocycles. The fourth-order valence-electron chi connectivity index (χ4n) is 3.95. The van der Waals surface area contributed by atoms with E-state index in [0.717, 1.165) is 17.5 Å². The van der Waals surface area contributed by atoms with Crippen molar-refractivity contribution in [3.63, 3.8) is 0 Å². The van der Waals surface area contributed by atoms with Crippen LogP contribution in [0.15, 0.2) is 48.5 Å². The lowest BCUT2D eigenvalue weighted by atomic mass is 9.78. The van der Waals surface area contributed by atoms with Crippen molar-refractivity contribution in [1.29, 1.82) is 0 Å². The number of carboxylic acid groups (broad SMARTS) is 1. The molecule has 34 heavy (non-hydrogen) atoms. The Morgan fingerprint density at radius 3 is 2.38 bits per heavy atom. The molecule has 8 nitrogen and oxygen atoms in total. The summed E-state index contributed by atoms with van der Waals surface area (Å²) in [7, 11) is 0. The van der Waals surface area contributed by atoms with Gasteiger partial charge >= 0.3 is 12.1 Å². The molecule has 1 heterocycles. The lowest BCUT2D eigenvalue weighted by molar-refractivity contribution is -0.141. The Hall–Kier alpha value is -3.10. The number of aryl methyl sites for hydroxylation is 1. The maximum Gasteiger partial charge on any atom is 0.411 e. The summed E-state index contributed by atoms with van der Waals surface area (Å²) < 4.78 is 5.49. The third-order valence-corrected chi connectivity index (χ3v) is 6.51. The van der Waals surface area contributed by atoms with Crippen LogP contribution in [0.4, 0.5) is 10.5 Å². The number of nitrogens with one attached hydrogen (secondary N) is 2. The van der Waals surface area contributed by atoms with Crippen LogP contribution in [0.5, 0.6) is 0 Å². The number of aliphatic carboxylic acids is 1. The van der Waals surface area contributed by atoms with Crippen molar-refractivity contribution >= 4 is 35.3 Å². The van der Waals surface area contributed by atoms with Crippen LogP contribution in [0.1, 0.15) is 30.9 Å². The molecule has 9 heteroatoms. The summed E-state index contributed by atoms with van der Waals surface area (Å²) in [5.74, 6) is -1.16. The predicted molar refractivity (Wildman–Crippen MR) is 130 cm³/mol. The fourth-order valence-corrected chi connectivity index (χ4v) is 4.16. The van der Waals surface area contributed by atoms with Gasteiger partial charge in [-0.2, -0.15) is 0 Å². The third kappa shape index (κ3) is 6.95. The largest absolute Gasteiger partial charge is 0.480 e. The van der Waals surface area contributed by atoms with Gasteiger partial charge in [0.1, 0.15) is 6.61 Å². The average Bonchev–Trinajstić information content (AvgIpc) is 2.83. The summed E-state index contributed by atoms with van der Waals surface area (Å²) in [6.07, 6.45) is 0.992. The zero-order chi connectivity index (χ0) is 24.6. The Morgan fingerprint density at radius 2 is 1.76 bits per heavy atom. The number of carbonyl (C=O) groups is 3. The predicted octanol–water partition coefficient (Wildman–Crippen LogP) is 3.93. The quantitative estimate of drug-likeness (QED) is 0.494. The van der Waals surface area contributed by atoms with Crippen molar-refractivity contribution < 1.29 is 24.2 Å². The molecule has 1 fully saturated rings. The van der Waals surface area contributed by atoms with Crippen LogP contribution >= 0.6 is 11.6 Å². The van der Waals surface area contributed by atoms with Gasteiger partial charge in [-0.3, -0.25) is 19.8 Å². The van der Waals surface area contributed by atoms with Crippen LogP contribution in [-0.4, -0.2) is 54.2 Å². The summed E-state index contributed by atoms with van der Waals surface area (Å²) >= 11 is 6.20. The SMILES string of the molecule is CCc1ccc(NC(=O)OCC2(C(=O)NCc3ccccc3Cl)CCN(CC(=O)O)CC2)cc1. The van der Waals surface area contributed by atoms with Gasteiger partial charge in [-0.1, -0.05) is 48.9 Å². The molecule has 2 aromatic rings. The smallest absolute Gasteiger partial charge is 0.411 e. The molecule has 1 aliphatic rings. The third-order valence-electron chi connectivity index (χ3n) is 6.14. The fraction of sp³-hybridized carbons (Fsp3) is 0.400. The summed E-state index contributed by atoms with van der Waals surface area (Å²) in [6, 6.07) is 14.7. The normalized spacial score (nSPS) is 15.4. The van der Waals surface area contributed by atoms with E-state index < -0.39 is 17.5 Å². The number of benzene rings is 2. The van der Waals surface area contributed by atoms with E-state index in [2.05, 4.69) is 17.6 Å². The average molecular weight is 488 g/mol. The Kier molecular flexibility index (Phi) is 8.90. The minimum Gasteiger partial charge on any atom is -0.480 e. The molecule has 0 radical (unpaired) electrons. The van der Waals surface area contributed by atoms with E-state index in [9.17, 15) is 14.4 Å². The van der Waals surface area contributed by atoms with Gasteiger partial charge < -0.3 is 15.2 Å². The monoisotopic (exact) mass is 487 g/mol. The number of nitrogens with zero attached hydrogens (tertiary/aromatic N) is 1. The number of hydrogen-bond donors (Lipinski definition) is 3. The lowest BCUT2D eigenvalue weighted by Crippen LogP contribution is -2.52. The molecular formula is C25H30ClN3O5. The number of amides is 2. The number of halogens is 1. The van der Waals surface area contributed by atoms with Gasteiger partial charge in [-0.15, -0.1) is 0 Å². The van der Waals surface area contributed by atoms with Gasteiger partial charge in [-0.05, 0) is 61.7 Å². The summed E-state index contributed by atoms with van der Waals surface area (Å²) in [6.45, 7) is 2.92. The molecule has 3 N–H and O–H groups in total. The van der Waals surface area contributed by atoms with Gasteiger partial charge in [0.25, 0.3) is 0 Å². The molecule has 0 bridgehead atoms. The first-order chi connectivity index (χ1) is 16.3. The van der Waals surface area contributed by atoms with E-state index in [1.807, 2.05) is 30.3 Å². The number of anilines is 1. The first kappa shape index (κ1) is 25.5. The van der Waals surface area contributed by atoms with Crippen molar-refractivity contribution in [2.24, 2.45) is 5.41 Å². The van der Waals surface area contributed by atoms with Crippen molar-refractivity contribution in [3.05, 3.63) is 64.7 Å². The first-order valence-electron chi connectivity index (χ1n) is 11.3. The van der Waals surface area contributed by atoms with E-state index in [4.69, 9.17) is 21.4 Å². The molecule has 0 unspecified atom stereocenters. The highest BCUT2D eigenvalue weighted by Crippen LogP contribution is 2.33. The minimum atomic E-state index is -0.959. The number of piperidine rings is 1. The van der Waals surface area contributed by atoms with Crippen LogP contribution in [0.2, 0.25) is 5.02 Å². The van der Waals surface area contributed by atoms with Gasteiger partial charge in [0, 0.05) is 17.3 Å². The maximum atomic E-state index is 13.3. The second-order valence-electron chi connectivity index (χ2n) is 8.48. The summed E-state index contributed by atoms with van der Waals surface area (Å²) in [5.41, 5.74) is 1.58. The van der Waals surface area contributed by atoms with E-state index >= 15 is 0 Å². The maximum absolute atomic E-state index is 13.3.